The molecular formula is C18H21BrN2O3S. The predicted molar refractivity (Wildman–Crippen MR) is 106 cm³/mol. The Bertz CT molecular complexity index is 887. The first-order valence-electron chi connectivity index (χ1n) is 7.69. The zero-order valence-corrected chi connectivity index (χ0v) is 17.0. The van der Waals surface area contributed by atoms with Gasteiger partial charge in [-0.05, 0) is 60.0 Å². The summed E-state index contributed by atoms with van der Waals surface area (Å²) in [7, 11) is -3.61. The van der Waals surface area contributed by atoms with Crippen LogP contribution in [0.5, 0.6) is 0 Å². The van der Waals surface area contributed by atoms with E-state index >= 15 is 0 Å². The first-order chi connectivity index (χ1) is 11.6. The number of nitrogens with one attached hydrogen (secondary N) is 1. The smallest absolute Gasteiger partial charge is 0.245 e. The van der Waals surface area contributed by atoms with Crippen molar-refractivity contribution in [2.24, 2.45) is 0 Å². The molecule has 0 fully saturated rings. The molecule has 0 aliphatic rings. The summed E-state index contributed by atoms with van der Waals surface area (Å²) >= 11 is 3.34. The lowest BCUT2D eigenvalue weighted by Gasteiger charge is -2.23. The minimum Gasteiger partial charge on any atom is -0.324 e. The van der Waals surface area contributed by atoms with Crippen molar-refractivity contribution in [3.63, 3.8) is 0 Å². The largest absolute Gasteiger partial charge is 0.324 e. The number of nitrogens with zero attached hydrogens (tertiary/aromatic N) is 1. The molecule has 134 valence electrons. The molecule has 2 rings (SSSR count). The predicted octanol–water partition coefficient (Wildman–Crippen LogP) is 3.78. The Morgan fingerprint density at radius 3 is 2.20 bits per heavy atom. The fourth-order valence-corrected chi connectivity index (χ4v) is 4.21. The number of sulfonamides is 1. The molecule has 0 aliphatic heterocycles. The zero-order valence-electron chi connectivity index (χ0n) is 14.6. The molecule has 0 aliphatic carbocycles. The Morgan fingerprint density at radius 1 is 1.12 bits per heavy atom. The second kappa shape index (κ2) is 7.58. The van der Waals surface area contributed by atoms with Crippen molar-refractivity contribution in [2.45, 2.75) is 20.8 Å². The number of benzene rings is 2. The first kappa shape index (κ1) is 19.5. The van der Waals surface area contributed by atoms with E-state index in [1.165, 1.54) is 0 Å². The summed E-state index contributed by atoms with van der Waals surface area (Å²) in [6.07, 6.45) is 1.09. The highest BCUT2D eigenvalue weighted by molar-refractivity contribution is 9.10. The fraction of sp³-hybridized carbons (Fsp3) is 0.278. The molecule has 0 radical (unpaired) electrons. The molecule has 0 atom stereocenters. The van der Waals surface area contributed by atoms with Gasteiger partial charge in [0.25, 0.3) is 0 Å². The first-order valence-corrected chi connectivity index (χ1v) is 10.3. The molecule has 0 bridgehead atoms. The number of halogens is 1. The molecule has 0 aromatic heterocycles. The maximum Gasteiger partial charge on any atom is 0.245 e. The molecule has 7 heteroatoms. The van der Waals surface area contributed by atoms with E-state index in [-0.39, 0.29) is 6.54 Å². The van der Waals surface area contributed by atoms with Gasteiger partial charge in [0.15, 0.2) is 0 Å². The van der Waals surface area contributed by atoms with Crippen LogP contribution in [0.15, 0.2) is 40.9 Å². The number of hydrogen-bond acceptors (Lipinski definition) is 3. The zero-order chi connectivity index (χ0) is 18.8. The second-order valence-electron chi connectivity index (χ2n) is 6.04. The van der Waals surface area contributed by atoms with E-state index in [1.807, 2.05) is 32.9 Å². The van der Waals surface area contributed by atoms with Gasteiger partial charge >= 0.3 is 0 Å². The summed E-state index contributed by atoms with van der Waals surface area (Å²) in [6, 6.07) is 10.9. The molecule has 0 saturated carbocycles. The topological polar surface area (TPSA) is 66.5 Å². The quantitative estimate of drug-likeness (QED) is 0.793. The molecule has 2 aromatic carbocycles. The summed E-state index contributed by atoms with van der Waals surface area (Å²) < 4.78 is 26.0. The van der Waals surface area contributed by atoms with Crippen LogP contribution in [0, 0.1) is 20.8 Å². The van der Waals surface area contributed by atoms with Crippen molar-refractivity contribution in [3.05, 3.63) is 57.6 Å². The molecule has 2 aromatic rings. The summed E-state index contributed by atoms with van der Waals surface area (Å²) in [5.74, 6) is -0.392. The van der Waals surface area contributed by atoms with E-state index in [9.17, 15) is 13.2 Å². The summed E-state index contributed by atoms with van der Waals surface area (Å²) in [4.78, 5) is 12.5. The average molecular weight is 425 g/mol. The van der Waals surface area contributed by atoms with E-state index in [2.05, 4.69) is 21.2 Å². The van der Waals surface area contributed by atoms with Crippen molar-refractivity contribution in [1.29, 1.82) is 0 Å². The van der Waals surface area contributed by atoms with E-state index in [4.69, 9.17) is 0 Å². The number of carbonyl (C=O) groups excluding carboxylic acids is 1. The van der Waals surface area contributed by atoms with Gasteiger partial charge in [-0.3, -0.25) is 9.10 Å². The maximum absolute atomic E-state index is 12.5. The summed E-state index contributed by atoms with van der Waals surface area (Å²) in [6.45, 7) is 5.52. The van der Waals surface area contributed by atoms with Crippen molar-refractivity contribution < 1.29 is 13.2 Å². The van der Waals surface area contributed by atoms with Crippen LogP contribution in [-0.4, -0.2) is 27.1 Å². The Balaban J connectivity index is 2.29. The third-order valence-corrected chi connectivity index (χ3v) is 5.55. The normalized spacial score (nSPS) is 11.2. The van der Waals surface area contributed by atoms with Crippen LogP contribution in [0.4, 0.5) is 11.4 Å². The lowest BCUT2D eigenvalue weighted by Crippen LogP contribution is -2.37. The Kier molecular flexibility index (Phi) is 5.90. The minimum atomic E-state index is -3.61. The van der Waals surface area contributed by atoms with Crippen LogP contribution in [0.3, 0.4) is 0 Å². The van der Waals surface area contributed by atoms with Crippen LogP contribution < -0.4 is 9.62 Å². The van der Waals surface area contributed by atoms with Gasteiger partial charge in [0.1, 0.15) is 6.54 Å². The Hall–Kier alpha value is -1.86. The highest BCUT2D eigenvalue weighted by atomic mass is 79.9. The van der Waals surface area contributed by atoms with Crippen molar-refractivity contribution in [2.75, 3.05) is 22.4 Å². The molecule has 0 heterocycles. The van der Waals surface area contributed by atoms with Crippen LogP contribution in [-0.2, 0) is 14.8 Å². The van der Waals surface area contributed by atoms with Crippen molar-refractivity contribution >= 4 is 43.2 Å². The molecule has 5 nitrogen and oxygen atoms in total. The van der Waals surface area contributed by atoms with Gasteiger partial charge in [-0.25, -0.2) is 8.42 Å². The van der Waals surface area contributed by atoms with Crippen LogP contribution >= 0.6 is 15.9 Å². The standard InChI is InChI=1S/C18H21BrN2O3S/c1-12-9-13(2)18(14(3)10-12)20-17(22)11-21(25(4,23)24)16-8-6-5-7-15(16)19/h5-10H,11H2,1-4H3,(H,20,22). The van der Waals surface area contributed by atoms with Crippen LogP contribution in [0.25, 0.3) is 0 Å². The molecule has 1 N–H and O–H groups in total. The number of hydrogen-bond donors (Lipinski definition) is 1. The number of anilines is 2. The van der Waals surface area contributed by atoms with Crippen LogP contribution in [0.1, 0.15) is 16.7 Å². The van der Waals surface area contributed by atoms with Gasteiger partial charge in [-0.15, -0.1) is 0 Å². The lowest BCUT2D eigenvalue weighted by atomic mass is 10.1. The average Bonchev–Trinajstić information content (AvgIpc) is 2.48. The molecule has 1 amide bonds. The Morgan fingerprint density at radius 2 is 1.68 bits per heavy atom. The van der Waals surface area contributed by atoms with E-state index in [1.54, 1.807) is 24.3 Å². The number of carbonyl (C=O) groups is 1. The van der Waals surface area contributed by atoms with Gasteiger partial charge in [0.2, 0.25) is 15.9 Å². The van der Waals surface area contributed by atoms with Gasteiger partial charge < -0.3 is 5.32 Å². The third-order valence-electron chi connectivity index (χ3n) is 3.75. The molecule has 25 heavy (non-hydrogen) atoms. The monoisotopic (exact) mass is 424 g/mol. The molecule has 0 unspecified atom stereocenters. The number of rotatable bonds is 5. The summed E-state index contributed by atoms with van der Waals surface area (Å²) in [5, 5.41) is 2.84. The van der Waals surface area contributed by atoms with Gasteiger partial charge in [0, 0.05) is 10.2 Å². The van der Waals surface area contributed by atoms with E-state index in [0.29, 0.717) is 10.2 Å². The maximum atomic E-state index is 12.5. The second-order valence-corrected chi connectivity index (χ2v) is 8.80. The van der Waals surface area contributed by atoms with E-state index in [0.717, 1.165) is 32.9 Å². The number of aryl methyl sites for hydroxylation is 3. The number of amides is 1. The van der Waals surface area contributed by atoms with Gasteiger partial charge in [-0.2, -0.15) is 0 Å². The summed E-state index contributed by atoms with van der Waals surface area (Å²) in [5.41, 5.74) is 4.14. The minimum absolute atomic E-state index is 0.297. The van der Waals surface area contributed by atoms with Crippen LogP contribution in [0.2, 0.25) is 0 Å². The highest BCUT2D eigenvalue weighted by Gasteiger charge is 2.23. The molecule has 0 spiro atoms. The van der Waals surface area contributed by atoms with Gasteiger partial charge in [0.05, 0.1) is 11.9 Å². The molecular weight excluding hydrogens is 404 g/mol. The lowest BCUT2D eigenvalue weighted by molar-refractivity contribution is -0.114. The Labute approximate surface area is 157 Å². The van der Waals surface area contributed by atoms with Crippen molar-refractivity contribution in [1.82, 2.24) is 0 Å². The van der Waals surface area contributed by atoms with Gasteiger partial charge in [-0.1, -0.05) is 29.8 Å². The van der Waals surface area contributed by atoms with E-state index < -0.39 is 15.9 Å². The fourth-order valence-electron chi connectivity index (χ4n) is 2.72. The van der Waals surface area contributed by atoms with Crippen molar-refractivity contribution in [3.8, 4) is 0 Å². The SMILES string of the molecule is Cc1cc(C)c(NC(=O)CN(c2ccccc2Br)S(C)(=O)=O)c(C)c1. The highest BCUT2D eigenvalue weighted by Crippen LogP contribution is 2.28. The third kappa shape index (κ3) is 4.83. The molecule has 0 saturated heterocycles. The number of para-hydroxylation sites is 1.